The maximum Gasteiger partial charge on any atom is 0.311 e. The third kappa shape index (κ3) is 4.61. The first kappa shape index (κ1) is 31.9. The number of esters is 1. The summed E-state index contributed by atoms with van der Waals surface area (Å²) in [7, 11) is 1.85. The van der Waals surface area contributed by atoms with Crippen molar-refractivity contribution in [1.82, 2.24) is 4.90 Å². The first-order valence-electron chi connectivity index (χ1n) is 18.5. The van der Waals surface area contributed by atoms with Crippen molar-refractivity contribution < 1.29 is 24.1 Å². The van der Waals surface area contributed by atoms with Crippen molar-refractivity contribution in [1.29, 1.82) is 0 Å². The molecule has 6 nitrogen and oxygen atoms in total. The van der Waals surface area contributed by atoms with Crippen molar-refractivity contribution in [3.63, 3.8) is 0 Å². The summed E-state index contributed by atoms with van der Waals surface area (Å²) in [6, 6.07) is 4.68. The summed E-state index contributed by atoms with van der Waals surface area (Å²) in [5.41, 5.74) is 0.588. The van der Waals surface area contributed by atoms with Crippen LogP contribution in [-0.4, -0.2) is 59.5 Å². The van der Waals surface area contributed by atoms with E-state index in [9.17, 15) is 9.90 Å². The second-order valence-corrected chi connectivity index (χ2v) is 17.1. The lowest BCUT2D eigenvalue weighted by Gasteiger charge is -2.75. The molecule has 5 aliphatic carbocycles. The van der Waals surface area contributed by atoms with E-state index in [0.717, 1.165) is 63.2 Å². The van der Waals surface area contributed by atoms with Crippen LogP contribution in [0.15, 0.2) is 12.1 Å². The Hall–Kier alpha value is -1.63. The number of ether oxygens (including phenoxy) is 3. The summed E-state index contributed by atoms with van der Waals surface area (Å²) >= 11 is 0. The van der Waals surface area contributed by atoms with E-state index < -0.39 is 11.2 Å². The van der Waals surface area contributed by atoms with E-state index in [1.54, 1.807) is 0 Å². The monoisotopic (exact) mass is 621 g/mol. The van der Waals surface area contributed by atoms with Crippen LogP contribution in [-0.2, 0) is 21.4 Å². The number of aliphatic hydroxyl groups is 1. The van der Waals surface area contributed by atoms with Crippen molar-refractivity contribution in [2.24, 2.45) is 22.7 Å². The molecule has 7 aliphatic rings. The first-order valence-corrected chi connectivity index (χ1v) is 18.5. The van der Waals surface area contributed by atoms with Gasteiger partial charge in [0, 0.05) is 48.4 Å². The van der Waals surface area contributed by atoms with E-state index in [1.165, 1.54) is 62.6 Å². The van der Waals surface area contributed by atoms with E-state index in [1.807, 2.05) is 20.1 Å². The van der Waals surface area contributed by atoms with Crippen LogP contribution < -0.4 is 9.47 Å². The molecule has 1 aromatic rings. The number of benzene rings is 1. The van der Waals surface area contributed by atoms with Gasteiger partial charge in [0.25, 0.3) is 0 Å². The number of unbranched alkanes of at least 4 members (excludes halogenated alkanes) is 6. The lowest BCUT2D eigenvalue weighted by atomic mass is 9.33. The van der Waals surface area contributed by atoms with E-state index in [-0.39, 0.29) is 34.2 Å². The summed E-state index contributed by atoms with van der Waals surface area (Å²) in [6.45, 7) is 13.1. The molecule has 0 aromatic heterocycles. The molecule has 0 unspecified atom stereocenters. The van der Waals surface area contributed by atoms with Gasteiger partial charge in [0.2, 0.25) is 0 Å². The fourth-order valence-electron chi connectivity index (χ4n) is 11.1. The third-order valence-corrected chi connectivity index (χ3v) is 14.0. The number of likely N-dealkylation sites (tertiary alicyclic amines) is 1. The second kappa shape index (κ2) is 11.2. The lowest BCUT2D eigenvalue weighted by Crippen LogP contribution is -2.83. The molecule has 6 heteroatoms. The van der Waals surface area contributed by atoms with Gasteiger partial charge in [0.05, 0.1) is 5.60 Å². The lowest BCUT2D eigenvalue weighted by molar-refractivity contribution is -0.312. The Bertz CT molecular complexity index is 1300. The average molecular weight is 622 g/mol. The Morgan fingerprint density at radius 1 is 1.04 bits per heavy atom. The normalized spacial score (nSPS) is 35.9. The minimum atomic E-state index is -0.947. The molecule has 7 atom stereocenters. The molecule has 1 N–H and O–H groups in total. The molecule has 45 heavy (non-hydrogen) atoms. The van der Waals surface area contributed by atoms with Crippen LogP contribution in [0.25, 0.3) is 0 Å². The minimum absolute atomic E-state index is 0.0103. The molecule has 250 valence electrons. The molecule has 4 bridgehead atoms. The summed E-state index contributed by atoms with van der Waals surface area (Å²) in [6.07, 6.45) is 16.1. The second-order valence-electron chi connectivity index (χ2n) is 17.1. The molecule has 5 fully saturated rings. The fourth-order valence-corrected chi connectivity index (χ4v) is 11.1. The SMILES string of the molecule is CCCCCCCCCC(=O)Oc1ccc2c3c1O[C@H]1[C@@]4(OC)CC[C@@]5(C[C@@H]4[C@](C)(O)C(C)(C)C)[C@@H](C2)N(CC2CC2)CC[C@]315. The number of carbonyl (C=O) groups is 1. The van der Waals surface area contributed by atoms with Gasteiger partial charge in [-0.15, -0.1) is 0 Å². The van der Waals surface area contributed by atoms with Gasteiger partial charge in [-0.2, -0.15) is 0 Å². The maximum absolute atomic E-state index is 13.2. The fraction of sp³-hybridized carbons (Fsp3) is 0.821. The third-order valence-electron chi connectivity index (χ3n) is 14.0. The number of fused-ring (bicyclic) bond motifs is 2. The van der Waals surface area contributed by atoms with Gasteiger partial charge in [-0.05, 0) is 87.8 Å². The smallest absolute Gasteiger partial charge is 0.311 e. The topological polar surface area (TPSA) is 68.2 Å². The largest absolute Gasteiger partial charge is 0.482 e. The molecule has 2 aliphatic heterocycles. The molecule has 0 amide bonds. The number of hydrogen-bond acceptors (Lipinski definition) is 6. The van der Waals surface area contributed by atoms with E-state index in [2.05, 4.69) is 38.7 Å². The molecular weight excluding hydrogens is 562 g/mol. The summed E-state index contributed by atoms with van der Waals surface area (Å²) in [5, 5.41) is 12.5. The minimum Gasteiger partial charge on any atom is -0.482 e. The summed E-state index contributed by atoms with van der Waals surface area (Å²) in [5.74, 6) is 1.99. The van der Waals surface area contributed by atoms with Crippen molar-refractivity contribution in [2.45, 2.75) is 160 Å². The number of hydrogen-bond donors (Lipinski definition) is 1. The van der Waals surface area contributed by atoms with Gasteiger partial charge >= 0.3 is 5.97 Å². The quantitative estimate of drug-likeness (QED) is 0.138. The Kier molecular flexibility index (Phi) is 7.97. The first-order chi connectivity index (χ1) is 21.4. The van der Waals surface area contributed by atoms with Gasteiger partial charge in [-0.25, -0.2) is 0 Å². The molecule has 8 rings (SSSR count). The maximum atomic E-state index is 13.2. The number of carbonyl (C=O) groups excluding carboxylic acids is 1. The van der Waals surface area contributed by atoms with Crippen LogP contribution in [0.2, 0.25) is 0 Å². The van der Waals surface area contributed by atoms with Gasteiger partial charge in [0.1, 0.15) is 11.7 Å². The van der Waals surface area contributed by atoms with Crippen molar-refractivity contribution in [3.8, 4) is 11.5 Å². The summed E-state index contributed by atoms with van der Waals surface area (Å²) < 4.78 is 20.1. The van der Waals surface area contributed by atoms with Crippen molar-refractivity contribution in [3.05, 3.63) is 23.3 Å². The molecule has 1 aromatic carbocycles. The zero-order chi connectivity index (χ0) is 31.8. The highest BCUT2D eigenvalue weighted by Gasteiger charge is 2.82. The number of nitrogens with zero attached hydrogens (tertiary/aromatic N) is 1. The molecule has 4 saturated carbocycles. The zero-order valence-corrected chi connectivity index (χ0v) is 29.0. The van der Waals surface area contributed by atoms with Gasteiger partial charge in [0.15, 0.2) is 11.5 Å². The molecule has 0 radical (unpaired) electrons. The van der Waals surface area contributed by atoms with Crippen LogP contribution >= 0.6 is 0 Å². The Labute approximate surface area is 271 Å². The van der Waals surface area contributed by atoms with E-state index in [4.69, 9.17) is 14.2 Å². The zero-order valence-electron chi connectivity index (χ0n) is 29.0. The summed E-state index contributed by atoms with van der Waals surface area (Å²) in [4.78, 5) is 16.0. The van der Waals surface area contributed by atoms with Gasteiger partial charge < -0.3 is 19.3 Å². The number of piperidine rings is 1. The Morgan fingerprint density at radius 3 is 2.47 bits per heavy atom. The molecule has 1 saturated heterocycles. The number of methoxy groups -OCH3 is 1. The highest BCUT2D eigenvalue weighted by atomic mass is 16.6. The predicted octanol–water partition coefficient (Wildman–Crippen LogP) is 7.75. The Morgan fingerprint density at radius 2 is 1.78 bits per heavy atom. The van der Waals surface area contributed by atoms with Crippen LogP contribution in [0.4, 0.5) is 0 Å². The van der Waals surface area contributed by atoms with Crippen LogP contribution in [0.3, 0.4) is 0 Å². The molecular formula is C39H59NO5. The van der Waals surface area contributed by atoms with E-state index >= 15 is 0 Å². The van der Waals surface area contributed by atoms with Crippen LogP contribution in [0.1, 0.15) is 136 Å². The predicted molar refractivity (Wildman–Crippen MR) is 177 cm³/mol. The molecule has 2 spiro atoms. The van der Waals surface area contributed by atoms with Crippen molar-refractivity contribution in [2.75, 3.05) is 20.2 Å². The number of rotatable bonds is 13. The average Bonchev–Trinajstić information content (AvgIpc) is 3.75. The Balaban J connectivity index is 1.24. The van der Waals surface area contributed by atoms with Crippen LogP contribution in [0.5, 0.6) is 11.5 Å². The highest BCUT2D eigenvalue weighted by Crippen LogP contribution is 2.78. The molecule has 2 heterocycles. The standard InChI is InChI=1S/C39H59NO5/c1-7-8-9-10-11-12-13-14-31(41)44-28-18-17-27-23-30-37-19-20-39(43-6,29(24-37)36(5,42)35(2,3)4)34-38(37,32(27)33(28)45-34)21-22-40(30)25-26-15-16-26/h17-18,26,29-30,34,42H,7-16,19-25H2,1-6H3/t29-,30-,34-,36+,37-,38+,39-/m1/s1. The van der Waals surface area contributed by atoms with Gasteiger partial charge in [-0.3, -0.25) is 9.69 Å². The van der Waals surface area contributed by atoms with Gasteiger partial charge in [-0.1, -0.05) is 72.3 Å². The van der Waals surface area contributed by atoms with E-state index in [0.29, 0.717) is 18.2 Å². The van der Waals surface area contributed by atoms with Crippen LogP contribution in [0, 0.1) is 22.7 Å². The van der Waals surface area contributed by atoms with Crippen molar-refractivity contribution >= 4 is 5.97 Å². The highest BCUT2D eigenvalue weighted by molar-refractivity contribution is 5.75.